The molecule has 0 saturated heterocycles. The monoisotopic (exact) mass is 276 g/mol. The Labute approximate surface area is 118 Å². The second kappa shape index (κ2) is 11.2. The fourth-order valence-electron chi connectivity index (χ4n) is 2.68. The third-order valence-corrected chi connectivity index (χ3v) is 3.90. The molecule has 1 saturated carbocycles. The van der Waals surface area contributed by atoms with Gasteiger partial charge in [0.1, 0.15) is 6.17 Å². The molecule has 116 valence electrons. The van der Waals surface area contributed by atoms with E-state index >= 15 is 0 Å². The number of halogens is 1. The minimum Gasteiger partial charge on any atom is -0.483 e. The maximum absolute atomic E-state index is 13.4. The summed E-state index contributed by atoms with van der Waals surface area (Å²) in [6.07, 6.45) is 4.83. The summed E-state index contributed by atoms with van der Waals surface area (Å²) in [6.45, 7) is 12.6. The standard InChI is InChI=1S/C13H25F.C2H6.CH2O2/c1-5-12(14)10-6-8-11(9-7-10)13(2,3)4;1-2;2-1-3/h10-12H,5-9H2,1-4H3;1-2H3;1H,(H,2,3). The van der Waals surface area contributed by atoms with E-state index < -0.39 is 6.17 Å². The van der Waals surface area contributed by atoms with Gasteiger partial charge in [0.25, 0.3) is 6.47 Å². The van der Waals surface area contributed by atoms with Crippen molar-refractivity contribution in [2.75, 3.05) is 0 Å². The van der Waals surface area contributed by atoms with E-state index in [0.717, 1.165) is 18.8 Å². The topological polar surface area (TPSA) is 37.3 Å². The van der Waals surface area contributed by atoms with E-state index in [-0.39, 0.29) is 6.47 Å². The average molecular weight is 276 g/mol. The van der Waals surface area contributed by atoms with Gasteiger partial charge in [-0.2, -0.15) is 0 Å². The van der Waals surface area contributed by atoms with Crippen LogP contribution < -0.4 is 0 Å². The van der Waals surface area contributed by atoms with Gasteiger partial charge in [0.05, 0.1) is 0 Å². The molecule has 1 rings (SSSR count). The summed E-state index contributed by atoms with van der Waals surface area (Å²) in [5, 5.41) is 6.89. The predicted molar refractivity (Wildman–Crippen MR) is 80.1 cm³/mol. The smallest absolute Gasteiger partial charge is 0.290 e. The molecule has 0 heterocycles. The van der Waals surface area contributed by atoms with Crippen molar-refractivity contribution in [2.45, 2.75) is 79.8 Å². The summed E-state index contributed by atoms with van der Waals surface area (Å²) in [6, 6.07) is 0. The molecular weight excluding hydrogens is 243 g/mol. The summed E-state index contributed by atoms with van der Waals surface area (Å²) in [5.74, 6) is 1.17. The van der Waals surface area contributed by atoms with Gasteiger partial charge in [-0.1, -0.05) is 41.5 Å². The van der Waals surface area contributed by atoms with Gasteiger partial charge in [0.2, 0.25) is 0 Å². The Hall–Kier alpha value is -0.600. The van der Waals surface area contributed by atoms with Crippen LogP contribution in [0.2, 0.25) is 0 Å². The number of carboxylic acid groups (broad SMARTS) is 1. The lowest BCUT2D eigenvalue weighted by Crippen LogP contribution is -2.29. The van der Waals surface area contributed by atoms with Crippen LogP contribution in [0.4, 0.5) is 4.39 Å². The summed E-state index contributed by atoms with van der Waals surface area (Å²) < 4.78 is 13.4. The Kier molecular flexibility index (Phi) is 12.3. The third-order valence-electron chi connectivity index (χ3n) is 3.90. The molecule has 0 aromatic carbocycles. The zero-order chi connectivity index (χ0) is 15.5. The molecule has 0 aromatic rings. The molecule has 1 atom stereocenters. The van der Waals surface area contributed by atoms with Gasteiger partial charge < -0.3 is 5.11 Å². The van der Waals surface area contributed by atoms with Gasteiger partial charge >= 0.3 is 0 Å². The number of carbonyl (C=O) groups is 1. The van der Waals surface area contributed by atoms with Gasteiger partial charge in [-0.25, -0.2) is 4.39 Å². The Bertz CT molecular complexity index is 203. The first-order valence-corrected chi connectivity index (χ1v) is 7.58. The van der Waals surface area contributed by atoms with Gasteiger partial charge in [0, 0.05) is 0 Å². The van der Waals surface area contributed by atoms with Gasteiger partial charge in [0.15, 0.2) is 0 Å². The van der Waals surface area contributed by atoms with Crippen LogP contribution in [0.25, 0.3) is 0 Å². The predicted octanol–water partition coefficient (Wildman–Crippen LogP) is 5.31. The molecule has 1 aliphatic rings. The van der Waals surface area contributed by atoms with E-state index in [1.54, 1.807) is 0 Å². The fraction of sp³-hybridized carbons (Fsp3) is 0.938. The van der Waals surface area contributed by atoms with Crippen LogP contribution in [0.5, 0.6) is 0 Å². The minimum absolute atomic E-state index is 0.250. The first kappa shape index (κ1) is 20.7. The first-order valence-electron chi connectivity index (χ1n) is 7.58. The molecule has 1 unspecified atom stereocenters. The summed E-state index contributed by atoms with van der Waals surface area (Å²) in [4.78, 5) is 8.36. The highest BCUT2D eigenvalue weighted by atomic mass is 19.1. The summed E-state index contributed by atoms with van der Waals surface area (Å²) in [7, 11) is 0. The maximum Gasteiger partial charge on any atom is 0.290 e. The van der Waals surface area contributed by atoms with Crippen molar-refractivity contribution in [3.05, 3.63) is 0 Å². The van der Waals surface area contributed by atoms with Crippen LogP contribution in [0.15, 0.2) is 0 Å². The Balaban J connectivity index is 0. The average Bonchev–Trinajstić information content (AvgIpc) is 2.40. The molecule has 1 N–H and O–H groups in total. The highest BCUT2D eigenvalue weighted by Gasteiger charge is 2.32. The Morgan fingerprint density at radius 1 is 1.21 bits per heavy atom. The molecular formula is C16H33FO2. The molecule has 0 aromatic heterocycles. The van der Waals surface area contributed by atoms with Gasteiger partial charge in [-0.3, -0.25) is 4.79 Å². The van der Waals surface area contributed by atoms with Gasteiger partial charge in [-0.05, 0) is 49.4 Å². The van der Waals surface area contributed by atoms with Crippen molar-refractivity contribution in [3.63, 3.8) is 0 Å². The largest absolute Gasteiger partial charge is 0.483 e. The van der Waals surface area contributed by atoms with Crippen LogP contribution in [0.3, 0.4) is 0 Å². The number of rotatable bonds is 2. The zero-order valence-corrected chi connectivity index (χ0v) is 13.6. The van der Waals surface area contributed by atoms with Crippen LogP contribution in [-0.2, 0) is 4.79 Å². The van der Waals surface area contributed by atoms with Crippen molar-refractivity contribution in [2.24, 2.45) is 17.3 Å². The molecule has 0 bridgehead atoms. The third kappa shape index (κ3) is 9.01. The molecule has 1 aliphatic carbocycles. The molecule has 0 spiro atoms. The first-order chi connectivity index (χ1) is 8.86. The van der Waals surface area contributed by atoms with Crippen molar-refractivity contribution in [1.29, 1.82) is 0 Å². The van der Waals surface area contributed by atoms with Crippen molar-refractivity contribution in [1.82, 2.24) is 0 Å². The highest BCUT2D eigenvalue weighted by Crippen LogP contribution is 2.41. The summed E-state index contributed by atoms with van der Waals surface area (Å²) >= 11 is 0. The van der Waals surface area contributed by atoms with E-state index in [4.69, 9.17) is 9.90 Å². The van der Waals surface area contributed by atoms with Crippen molar-refractivity contribution < 1.29 is 14.3 Å². The lowest BCUT2D eigenvalue weighted by molar-refractivity contribution is -0.122. The van der Waals surface area contributed by atoms with Crippen LogP contribution >= 0.6 is 0 Å². The van der Waals surface area contributed by atoms with E-state index in [0.29, 0.717) is 17.8 Å². The lowest BCUT2D eigenvalue weighted by Gasteiger charge is -2.37. The molecule has 1 fully saturated rings. The number of hydrogen-bond donors (Lipinski definition) is 1. The van der Waals surface area contributed by atoms with E-state index in [9.17, 15) is 4.39 Å². The normalized spacial score (nSPS) is 24.2. The maximum atomic E-state index is 13.4. The zero-order valence-electron chi connectivity index (χ0n) is 13.6. The Morgan fingerprint density at radius 2 is 1.58 bits per heavy atom. The van der Waals surface area contributed by atoms with Crippen molar-refractivity contribution >= 4 is 6.47 Å². The second-order valence-corrected chi connectivity index (χ2v) is 6.01. The quantitative estimate of drug-likeness (QED) is 0.693. The SMILES string of the molecule is CC.CCC(F)C1CCC(C(C)(C)C)CC1.O=CO. The lowest BCUT2D eigenvalue weighted by atomic mass is 9.69. The molecule has 0 radical (unpaired) electrons. The van der Waals surface area contributed by atoms with E-state index in [1.165, 1.54) is 12.8 Å². The molecule has 0 aliphatic heterocycles. The molecule has 19 heavy (non-hydrogen) atoms. The summed E-state index contributed by atoms with van der Waals surface area (Å²) in [5.41, 5.74) is 0.420. The number of hydrogen-bond acceptors (Lipinski definition) is 1. The highest BCUT2D eigenvalue weighted by molar-refractivity contribution is 5.32. The number of alkyl halides is 1. The fourth-order valence-corrected chi connectivity index (χ4v) is 2.68. The molecule has 0 amide bonds. The van der Waals surface area contributed by atoms with Crippen molar-refractivity contribution in [3.8, 4) is 0 Å². The van der Waals surface area contributed by atoms with E-state index in [1.807, 2.05) is 20.8 Å². The van der Waals surface area contributed by atoms with Crippen LogP contribution in [0, 0.1) is 17.3 Å². The second-order valence-electron chi connectivity index (χ2n) is 6.01. The molecule has 2 nitrogen and oxygen atoms in total. The minimum atomic E-state index is -0.545. The van der Waals surface area contributed by atoms with Crippen LogP contribution in [-0.4, -0.2) is 17.8 Å². The van der Waals surface area contributed by atoms with E-state index in [2.05, 4.69) is 20.8 Å². The Morgan fingerprint density at radius 3 is 1.84 bits per heavy atom. The molecule has 3 heteroatoms. The van der Waals surface area contributed by atoms with Gasteiger partial charge in [-0.15, -0.1) is 0 Å². The van der Waals surface area contributed by atoms with Crippen LogP contribution in [0.1, 0.15) is 73.6 Å².